The summed E-state index contributed by atoms with van der Waals surface area (Å²) in [6.07, 6.45) is 1.45. The molecule has 0 saturated carbocycles. The van der Waals surface area contributed by atoms with Gasteiger partial charge in [0.05, 0.1) is 17.2 Å². The van der Waals surface area contributed by atoms with Crippen LogP contribution in [0.3, 0.4) is 0 Å². The molecule has 0 aliphatic rings. The lowest BCUT2D eigenvalue weighted by Gasteiger charge is -2.06. The number of aromatic nitrogens is 1. The number of hydrogen-bond donors (Lipinski definition) is 3. The Hall–Kier alpha value is -2.91. The van der Waals surface area contributed by atoms with Gasteiger partial charge < -0.3 is 10.7 Å². The number of nitriles is 1. The van der Waals surface area contributed by atoms with Crippen molar-refractivity contribution in [3.05, 3.63) is 59.3 Å². The molecule has 0 bridgehead atoms. The quantitative estimate of drug-likeness (QED) is 0.570. The summed E-state index contributed by atoms with van der Waals surface area (Å²) in [6.45, 7) is 0.390. The first-order chi connectivity index (χ1) is 9.72. The fourth-order valence-electron chi connectivity index (χ4n) is 1.60. The number of hydrogen-bond acceptors (Lipinski definition) is 5. The maximum atomic E-state index is 11.9. The Kier molecular flexibility index (Phi) is 4.27. The van der Waals surface area contributed by atoms with Crippen molar-refractivity contribution < 1.29 is 4.79 Å². The van der Waals surface area contributed by atoms with Gasteiger partial charge in [0.2, 0.25) is 0 Å². The fraction of sp³-hybridized carbons (Fsp3) is 0.0714. The van der Waals surface area contributed by atoms with Crippen LogP contribution in [0.15, 0.2) is 42.6 Å². The van der Waals surface area contributed by atoms with Gasteiger partial charge in [0.1, 0.15) is 5.82 Å². The van der Waals surface area contributed by atoms with Crippen molar-refractivity contribution >= 4 is 11.7 Å². The molecular formula is C14H13N5O. The van der Waals surface area contributed by atoms with Crippen LogP contribution in [0.1, 0.15) is 21.5 Å². The van der Waals surface area contributed by atoms with Crippen molar-refractivity contribution in [1.29, 1.82) is 5.26 Å². The number of amides is 1. The lowest BCUT2D eigenvalue weighted by Crippen LogP contribution is -2.23. The van der Waals surface area contributed by atoms with Gasteiger partial charge in [0, 0.05) is 12.7 Å². The van der Waals surface area contributed by atoms with Gasteiger partial charge >= 0.3 is 0 Å². The third kappa shape index (κ3) is 3.31. The molecule has 1 aromatic heterocycles. The molecule has 0 atom stereocenters. The number of carbonyl (C=O) groups excluding carboxylic acids is 1. The second-order valence-electron chi connectivity index (χ2n) is 4.07. The average molecular weight is 267 g/mol. The number of nitrogens with two attached hydrogens (primary N) is 1. The minimum atomic E-state index is -0.217. The fourth-order valence-corrected chi connectivity index (χ4v) is 1.60. The molecule has 2 aromatic rings. The maximum absolute atomic E-state index is 11.9. The molecule has 100 valence electrons. The van der Waals surface area contributed by atoms with Crippen LogP contribution in [0, 0.1) is 11.3 Å². The minimum Gasteiger partial charge on any atom is -0.348 e. The molecule has 0 aliphatic carbocycles. The molecule has 1 amide bonds. The van der Waals surface area contributed by atoms with Gasteiger partial charge in [-0.1, -0.05) is 12.1 Å². The molecule has 0 spiro atoms. The summed E-state index contributed by atoms with van der Waals surface area (Å²) in [6, 6.07) is 12.3. The number of rotatable bonds is 4. The van der Waals surface area contributed by atoms with Crippen molar-refractivity contribution in [3.8, 4) is 6.07 Å². The van der Waals surface area contributed by atoms with Crippen molar-refractivity contribution in [2.24, 2.45) is 5.84 Å². The molecular weight excluding hydrogens is 254 g/mol. The highest BCUT2D eigenvalue weighted by atomic mass is 16.1. The molecule has 0 unspecified atom stereocenters. The van der Waals surface area contributed by atoms with E-state index in [1.54, 1.807) is 36.4 Å². The van der Waals surface area contributed by atoms with Crippen LogP contribution >= 0.6 is 0 Å². The van der Waals surface area contributed by atoms with Crippen LogP contribution in [0.5, 0.6) is 0 Å². The first-order valence-corrected chi connectivity index (χ1v) is 5.93. The van der Waals surface area contributed by atoms with Crippen LogP contribution in [0.25, 0.3) is 0 Å². The van der Waals surface area contributed by atoms with Crippen LogP contribution in [-0.4, -0.2) is 10.9 Å². The highest BCUT2D eigenvalue weighted by Gasteiger charge is 2.05. The lowest BCUT2D eigenvalue weighted by molar-refractivity contribution is 0.0950. The van der Waals surface area contributed by atoms with E-state index in [-0.39, 0.29) is 5.91 Å². The summed E-state index contributed by atoms with van der Waals surface area (Å²) in [5.41, 5.74) is 4.36. The summed E-state index contributed by atoms with van der Waals surface area (Å²) in [4.78, 5) is 15.8. The van der Waals surface area contributed by atoms with Gasteiger partial charge in [-0.15, -0.1) is 0 Å². The maximum Gasteiger partial charge on any atom is 0.253 e. The number of anilines is 1. The zero-order valence-corrected chi connectivity index (χ0v) is 10.6. The van der Waals surface area contributed by atoms with Crippen molar-refractivity contribution in [1.82, 2.24) is 10.3 Å². The lowest BCUT2D eigenvalue weighted by atomic mass is 10.1. The van der Waals surface area contributed by atoms with Gasteiger partial charge in [0.25, 0.3) is 5.91 Å². The molecule has 20 heavy (non-hydrogen) atoms. The summed E-state index contributed by atoms with van der Waals surface area (Å²) in [7, 11) is 0. The summed E-state index contributed by atoms with van der Waals surface area (Å²) >= 11 is 0. The van der Waals surface area contributed by atoms with E-state index in [0.717, 1.165) is 5.56 Å². The molecule has 6 heteroatoms. The Labute approximate surface area is 116 Å². The van der Waals surface area contributed by atoms with Crippen molar-refractivity contribution in [2.75, 3.05) is 5.43 Å². The van der Waals surface area contributed by atoms with Crippen LogP contribution < -0.4 is 16.6 Å². The number of pyridine rings is 1. The van der Waals surface area contributed by atoms with Gasteiger partial charge in [-0.05, 0) is 29.8 Å². The Bertz CT molecular complexity index is 628. The molecule has 2 rings (SSSR count). The number of carbonyl (C=O) groups is 1. The van der Waals surface area contributed by atoms with Crippen LogP contribution in [0.2, 0.25) is 0 Å². The molecule has 0 aliphatic heterocycles. The Morgan fingerprint density at radius 2 is 2.00 bits per heavy atom. The predicted octanol–water partition coefficient (Wildman–Crippen LogP) is 1.17. The van der Waals surface area contributed by atoms with Crippen LogP contribution in [0.4, 0.5) is 5.82 Å². The number of nitrogen functional groups attached to an aromatic ring is 1. The summed E-state index contributed by atoms with van der Waals surface area (Å²) < 4.78 is 0. The highest BCUT2D eigenvalue weighted by molar-refractivity contribution is 5.93. The first-order valence-electron chi connectivity index (χ1n) is 5.93. The second kappa shape index (κ2) is 6.31. The summed E-state index contributed by atoms with van der Waals surface area (Å²) in [5.74, 6) is 5.48. The van der Waals surface area contributed by atoms with Gasteiger partial charge in [-0.2, -0.15) is 5.26 Å². The van der Waals surface area contributed by atoms with E-state index in [0.29, 0.717) is 23.5 Å². The van der Waals surface area contributed by atoms with E-state index in [2.05, 4.69) is 15.7 Å². The number of hydrazine groups is 1. The standard InChI is InChI=1S/C14H13N5O/c15-7-10-1-3-11(4-2-10)8-18-14(20)12-5-6-13(19-16)17-9-12/h1-6,9H,8,16H2,(H,17,19)(H,18,20). The largest absolute Gasteiger partial charge is 0.348 e. The monoisotopic (exact) mass is 267 g/mol. The van der Waals surface area contributed by atoms with E-state index in [1.165, 1.54) is 6.20 Å². The third-order valence-corrected chi connectivity index (χ3v) is 2.71. The number of nitrogens with one attached hydrogen (secondary N) is 2. The molecule has 4 N–H and O–H groups in total. The SMILES string of the molecule is N#Cc1ccc(CNC(=O)c2ccc(NN)nc2)cc1. The molecule has 0 radical (unpaired) electrons. The topological polar surface area (TPSA) is 104 Å². The second-order valence-corrected chi connectivity index (χ2v) is 4.07. The van der Waals surface area contributed by atoms with Gasteiger partial charge in [-0.3, -0.25) is 4.79 Å². The molecule has 1 aromatic carbocycles. The Balaban J connectivity index is 1.95. The van der Waals surface area contributed by atoms with Gasteiger partial charge in [-0.25, -0.2) is 10.8 Å². The molecule has 0 saturated heterocycles. The normalized spacial score (nSPS) is 9.60. The van der Waals surface area contributed by atoms with Gasteiger partial charge in [0.15, 0.2) is 0 Å². The minimum absolute atomic E-state index is 0.217. The van der Waals surface area contributed by atoms with E-state index in [1.807, 2.05) is 6.07 Å². The molecule has 1 heterocycles. The average Bonchev–Trinajstić information content (AvgIpc) is 2.53. The first kappa shape index (κ1) is 13.5. The number of nitrogens with zero attached hydrogens (tertiary/aromatic N) is 2. The third-order valence-electron chi connectivity index (χ3n) is 2.71. The zero-order chi connectivity index (χ0) is 14.4. The van der Waals surface area contributed by atoms with Crippen molar-refractivity contribution in [3.63, 3.8) is 0 Å². The predicted molar refractivity (Wildman–Crippen MR) is 74.4 cm³/mol. The van der Waals surface area contributed by atoms with E-state index in [4.69, 9.17) is 11.1 Å². The highest BCUT2D eigenvalue weighted by Crippen LogP contribution is 2.05. The zero-order valence-electron chi connectivity index (χ0n) is 10.6. The summed E-state index contributed by atoms with van der Waals surface area (Å²) in [5, 5.41) is 11.5. The number of benzene rings is 1. The van der Waals surface area contributed by atoms with E-state index >= 15 is 0 Å². The van der Waals surface area contributed by atoms with Crippen molar-refractivity contribution in [2.45, 2.75) is 6.54 Å². The molecule has 0 fully saturated rings. The Morgan fingerprint density at radius 1 is 1.25 bits per heavy atom. The van der Waals surface area contributed by atoms with Crippen LogP contribution in [-0.2, 0) is 6.54 Å². The molecule has 6 nitrogen and oxygen atoms in total. The Morgan fingerprint density at radius 3 is 2.55 bits per heavy atom. The van der Waals surface area contributed by atoms with E-state index < -0.39 is 0 Å². The van der Waals surface area contributed by atoms with E-state index in [9.17, 15) is 4.79 Å². The smallest absolute Gasteiger partial charge is 0.253 e.